The lowest BCUT2D eigenvalue weighted by Crippen LogP contribution is -2.05. The summed E-state index contributed by atoms with van der Waals surface area (Å²) in [5.74, 6) is 2.16. The van der Waals surface area contributed by atoms with E-state index in [2.05, 4.69) is 41.5 Å². The lowest BCUT2D eigenvalue weighted by Gasteiger charge is -2.13. The second kappa shape index (κ2) is 5.81. The third kappa shape index (κ3) is 2.39. The van der Waals surface area contributed by atoms with Crippen LogP contribution in [0.3, 0.4) is 0 Å². The molecule has 2 N–H and O–H groups in total. The lowest BCUT2D eigenvalue weighted by atomic mass is 10.0. The van der Waals surface area contributed by atoms with Gasteiger partial charge in [-0.1, -0.05) is 27.7 Å². The molecule has 4 heteroatoms. The summed E-state index contributed by atoms with van der Waals surface area (Å²) in [5.41, 5.74) is 8.13. The van der Waals surface area contributed by atoms with E-state index in [4.69, 9.17) is 5.73 Å². The second-order valence-corrected chi connectivity index (χ2v) is 5.76. The van der Waals surface area contributed by atoms with E-state index >= 15 is 0 Å². The summed E-state index contributed by atoms with van der Waals surface area (Å²) in [4.78, 5) is 8.52. The topological polar surface area (TPSA) is 56.7 Å². The van der Waals surface area contributed by atoms with E-state index in [9.17, 15) is 0 Å². The Kier molecular flexibility index (Phi) is 4.31. The minimum absolute atomic E-state index is 0.556. The van der Waals surface area contributed by atoms with Gasteiger partial charge >= 0.3 is 0 Å². The molecule has 0 spiro atoms. The van der Waals surface area contributed by atoms with Gasteiger partial charge in [0, 0.05) is 12.2 Å². The summed E-state index contributed by atoms with van der Waals surface area (Å²) in [6.07, 6.45) is 6.21. The number of nitrogens with zero attached hydrogens (tertiary/aromatic N) is 3. The molecule has 4 nitrogen and oxygen atoms in total. The smallest absolute Gasteiger partial charge is 0.145 e. The molecule has 110 valence electrons. The molecular weight excluding hydrogens is 248 g/mol. The maximum Gasteiger partial charge on any atom is 0.145 e. The van der Waals surface area contributed by atoms with Crippen LogP contribution in [0.1, 0.15) is 52.1 Å². The number of hydrogen-bond donors (Lipinski definition) is 1. The fourth-order valence-electron chi connectivity index (χ4n) is 3.22. The number of fused-ring (bicyclic) bond motifs is 1. The van der Waals surface area contributed by atoms with E-state index < -0.39 is 0 Å². The van der Waals surface area contributed by atoms with E-state index in [-0.39, 0.29) is 0 Å². The zero-order chi connectivity index (χ0) is 14.9. The van der Waals surface area contributed by atoms with E-state index in [1.54, 1.807) is 6.33 Å². The third-order valence-electron chi connectivity index (χ3n) is 4.48. The third-order valence-corrected chi connectivity index (χ3v) is 4.48. The molecule has 1 fully saturated rings. The molecule has 1 aliphatic rings. The normalized spacial score (nSPS) is 25.6. The predicted octanol–water partition coefficient (Wildman–Crippen LogP) is 3.96. The summed E-state index contributed by atoms with van der Waals surface area (Å²) in [6, 6.07) is 0.556. The Hall–Kier alpha value is -1.58. The zero-order valence-corrected chi connectivity index (χ0v) is 13.2. The van der Waals surface area contributed by atoms with Crippen molar-refractivity contribution in [1.82, 2.24) is 14.5 Å². The molecule has 2 aromatic rings. The molecule has 1 aliphatic carbocycles. The second-order valence-electron chi connectivity index (χ2n) is 5.76. The molecular formula is C16H26N4. The van der Waals surface area contributed by atoms with E-state index in [0.717, 1.165) is 22.9 Å². The van der Waals surface area contributed by atoms with Gasteiger partial charge in [0.25, 0.3) is 0 Å². The lowest BCUT2D eigenvalue weighted by molar-refractivity contribution is 0.457. The van der Waals surface area contributed by atoms with Crippen LogP contribution in [0.25, 0.3) is 11.0 Å². The van der Waals surface area contributed by atoms with Gasteiger partial charge < -0.3 is 10.3 Å². The molecule has 2 aromatic heterocycles. The Morgan fingerprint density at radius 2 is 1.75 bits per heavy atom. The van der Waals surface area contributed by atoms with Crippen molar-refractivity contribution >= 4 is 16.9 Å². The van der Waals surface area contributed by atoms with Crippen molar-refractivity contribution in [3.05, 3.63) is 18.1 Å². The van der Waals surface area contributed by atoms with Gasteiger partial charge in [-0.2, -0.15) is 0 Å². The standard InChI is InChI=1S/C14H20N4.C2H6/c1-8-4-11(5-9(8)2)18-6-10(3)12-13(15)16-7-17-14(12)18;1-2/h6-9,11H,4-5H2,1-3H3,(H2,15,16,17);1-2H3. The van der Waals surface area contributed by atoms with Crippen molar-refractivity contribution in [2.45, 2.75) is 53.5 Å². The molecule has 1 saturated carbocycles. The number of nitrogen functional groups attached to an aromatic ring is 1. The van der Waals surface area contributed by atoms with E-state index in [1.165, 1.54) is 18.4 Å². The van der Waals surface area contributed by atoms with Gasteiger partial charge in [0.1, 0.15) is 17.8 Å². The van der Waals surface area contributed by atoms with Crippen molar-refractivity contribution in [3.8, 4) is 0 Å². The van der Waals surface area contributed by atoms with Crippen LogP contribution in [0, 0.1) is 18.8 Å². The molecule has 20 heavy (non-hydrogen) atoms. The monoisotopic (exact) mass is 274 g/mol. The van der Waals surface area contributed by atoms with Gasteiger partial charge in [0.15, 0.2) is 0 Å². The number of anilines is 1. The Labute approximate surface area is 121 Å². The maximum absolute atomic E-state index is 5.96. The summed E-state index contributed by atoms with van der Waals surface area (Å²) in [7, 11) is 0. The first-order valence-electron chi connectivity index (χ1n) is 7.65. The van der Waals surface area contributed by atoms with Crippen LogP contribution in [-0.4, -0.2) is 14.5 Å². The van der Waals surface area contributed by atoms with Gasteiger partial charge in [-0.15, -0.1) is 0 Å². The Bertz CT molecular complexity index is 577. The molecule has 0 saturated heterocycles. The molecule has 0 amide bonds. The van der Waals surface area contributed by atoms with Crippen molar-refractivity contribution in [3.63, 3.8) is 0 Å². The Morgan fingerprint density at radius 1 is 1.15 bits per heavy atom. The van der Waals surface area contributed by atoms with Gasteiger partial charge in [0.05, 0.1) is 5.39 Å². The molecule has 0 aliphatic heterocycles. The predicted molar refractivity (Wildman–Crippen MR) is 84.6 cm³/mol. The van der Waals surface area contributed by atoms with Gasteiger partial charge in [-0.25, -0.2) is 9.97 Å². The number of aryl methyl sites for hydroxylation is 1. The maximum atomic E-state index is 5.96. The average molecular weight is 274 g/mol. The highest BCUT2D eigenvalue weighted by Gasteiger charge is 2.30. The van der Waals surface area contributed by atoms with Gasteiger partial charge in [0.2, 0.25) is 0 Å². The number of nitrogens with two attached hydrogens (primary N) is 1. The highest BCUT2D eigenvalue weighted by molar-refractivity contribution is 5.89. The van der Waals surface area contributed by atoms with Gasteiger partial charge in [-0.3, -0.25) is 0 Å². The van der Waals surface area contributed by atoms with Crippen molar-refractivity contribution < 1.29 is 0 Å². The quantitative estimate of drug-likeness (QED) is 0.856. The van der Waals surface area contributed by atoms with Crippen molar-refractivity contribution in [2.24, 2.45) is 11.8 Å². The summed E-state index contributed by atoms with van der Waals surface area (Å²) >= 11 is 0. The number of rotatable bonds is 1. The first kappa shape index (κ1) is 14.8. The van der Waals surface area contributed by atoms with Crippen LogP contribution in [0.2, 0.25) is 0 Å². The minimum Gasteiger partial charge on any atom is -0.383 e. The fraction of sp³-hybridized carbons (Fsp3) is 0.625. The molecule has 2 heterocycles. The van der Waals surface area contributed by atoms with Crippen LogP contribution in [-0.2, 0) is 0 Å². The minimum atomic E-state index is 0.556. The van der Waals surface area contributed by atoms with Crippen LogP contribution < -0.4 is 5.73 Å². The largest absolute Gasteiger partial charge is 0.383 e. The van der Waals surface area contributed by atoms with Crippen LogP contribution >= 0.6 is 0 Å². The summed E-state index contributed by atoms with van der Waals surface area (Å²) in [6.45, 7) is 10.8. The highest BCUT2D eigenvalue weighted by atomic mass is 15.1. The van der Waals surface area contributed by atoms with E-state index in [1.807, 2.05) is 13.8 Å². The number of aromatic nitrogens is 3. The Balaban J connectivity index is 0.000000704. The first-order valence-corrected chi connectivity index (χ1v) is 7.65. The zero-order valence-electron chi connectivity index (χ0n) is 13.2. The van der Waals surface area contributed by atoms with Crippen LogP contribution in [0.15, 0.2) is 12.5 Å². The van der Waals surface area contributed by atoms with Crippen molar-refractivity contribution in [2.75, 3.05) is 5.73 Å². The van der Waals surface area contributed by atoms with Crippen LogP contribution in [0.5, 0.6) is 0 Å². The highest BCUT2D eigenvalue weighted by Crippen LogP contribution is 2.41. The molecule has 3 rings (SSSR count). The fourth-order valence-corrected chi connectivity index (χ4v) is 3.22. The SMILES string of the molecule is CC.Cc1cn(C2CC(C)C(C)C2)c2ncnc(N)c12. The van der Waals surface area contributed by atoms with Crippen LogP contribution in [0.4, 0.5) is 5.82 Å². The average Bonchev–Trinajstić information content (AvgIpc) is 2.94. The first-order chi connectivity index (χ1) is 9.58. The van der Waals surface area contributed by atoms with Crippen molar-refractivity contribution in [1.29, 1.82) is 0 Å². The van der Waals surface area contributed by atoms with E-state index in [0.29, 0.717) is 11.9 Å². The molecule has 0 bridgehead atoms. The molecule has 2 unspecified atom stereocenters. The summed E-state index contributed by atoms with van der Waals surface area (Å²) in [5, 5.41) is 1.02. The Morgan fingerprint density at radius 3 is 2.35 bits per heavy atom. The molecule has 2 atom stereocenters. The molecule has 0 radical (unpaired) electrons. The number of hydrogen-bond acceptors (Lipinski definition) is 3. The summed E-state index contributed by atoms with van der Waals surface area (Å²) < 4.78 is 2.31. The van der Waals surface area contributed by atoms with Gasteiger partial charge in [-0.05, 0) is 37.2 Å². The molecule has 0 aromatic carbocycles.